The van der Waals surface area contributed by atoms with Gasteiger partial charge >= 0.3 is 0 Å². The SMILES string of the molecule is CC.COCCCN1CCN(C(C)C)CC1. The summed E-state index contributed by atoms with van der Waals surface area (Å²) in [5.74, 6) is 0. The van der Waals surface area contributed by atoms with Gasteiger partial charge in [0, 0.05) is 52.5 Å². The van der Waals surface area contributed by atoms with Crippen LogP contribution in [-0.2, 0) is 4.74 Å². The Labute approximate surface area is 102 Å². The minimum absolute atomic E-state index is 0.705. The average molecular weight is 230 g/mol. The summed E-state index contributed by atoms with van der Waals surface area (Å²) in [6.45, 7) is 15.5. The Kier molecular flexibility index (Phi) is 9.99. The summed E-state index contributed by atoms with van der Waals surface area (Å²) in [6.07, 6.45) is 1.16. The van der Waals surface area contributed by atoms with Gasteiger partial charge in [0.2, 0.25) is 0 Å². The topological polar surface area (TPSA) is 15.7 Å². The van der Waals surface area contributed by atoms with Crippen LogP contribution in [-0.4, -0.2) is 62.3 Å². The second-order valence-electron chi connectivity index (χ2n) is 4.32. The van der Waals surface area contributed by atoms with E-state index < -0.39 is 0 Å². The molecule has 0 atom stereocenters. The molecule has 1 aliphatic heterocycles. The largest absolute Gasteiger partial charge is 0.385 e. The first-order valence-corrected chi connectivity index (χ1v) is 6.69. The van der Waals surface area contributed by atoms with E-state index in [0.717, 1.165) is 13.0 Å². The van der Waals surface area contributed by atoms with Crippen LogP contribution in [0, 0.1) is 0 Å². The van der Waals surface area contributed by atoms with Crippen molar-refractivity contribution >= 4 is 0 Å². The lowest BCUT2D eigenvalue weighted by molar-refractivity contribution is 0.0983. The quantitative estimate of drug-likeness (QED) is 0.673. The number of ether oxygens (including phenoxy) is 1. The number of piperazine rings is 1. The number of nitrogens with zero attached hydrogens (tertiary/aromatic N) is 2. The van der Waals surface area contributed by atoms with Crippen LogP contribution < -0.4 is 0 Å². The van der Waals surface area contributed by atoms with Crippen molar-refractivity contribution in [3.63, 3.8) is 0 Å². The van der Waals surface area contributed by atoms with Gasteiger partial charge in [-0.25, -0.2) is 0 Å². The molecule has 1 saturated heterocycles. The maximum absolute atomic E-state index is 5.06. The Bertz CT molecular complexity index is 143. The summed E-state index contributed by atoms with van der Waals surface area (Å²) >= 11 is 0. The fourth-order valence-corrected chi connectivity index (χ4v) is 1.94. The minimum atomic E-state index is 0.705. The molecule has 1 heterocycles. The molecular formula is C13H30N2O. The monoisotopic (exact) mass is 230 g/mol. The molecule has 0 amide bonds. The van der Waals surface area contributed by atoms with Crippen LogP contribution in [0.3, 0.4) is 0 Å². The molecule has 0 bridgehead atoms. The fourth-order valence-electron chi connectivity index (χ4n) is 1.94. The first-order valence-electron chi connectivity index (χ1n) is 6.69. The molecular weight excluding hydrogens is 200 g/mol. The molecule has 0 aromatic carbocycles. The molecule has 16 heavy (non-hydrogen) atoms. The summed E-state index contributed by atoms with van der Waals surface area (Å²) in [7, 11) is 1.77. The molecule has 1 fully saturated rings. The van der Waals surface area contributed by atoms with Gasteiger partial charge in [-0.2, -0.15) is 0 Å². The molecule has 3 nitrogen and oxygen atoms in total. The number of hydrogen-bond donors (Lipinski definition) is 0. The van der Waals surface area contributed by atoms with Gasteiger partial charge in [-0.05, 0) is 20.3 Å². The van der Waals surface area contributed by atoms with Gasteiger partial charge in [-0.3, -0.25) is 4.90 Å². The Balaban J connectivity index is 0.00000106. The van der Waals surface area contributed by atoms with Crippen molar-refractivity contribution < 1.29 is 4.74 Å². The zero-order valence-corrected chi connectivity index (χ0v) is 11.8. The van der Waals surface area contributed by atoms with Crippen molar-refractivity contribution in [3.8, 4) is 0 Å². The predicted molar refractivity (Wildman–Crippen MR) is 71.0 cm³/mol. The number of rotatable bonds is 5. The number of methoxy groups -OCH3 is 1. The summed E-state index contributed by atoms with van der Waals surface area (Å²) < 4.78 is 5.06. The van der Waals surface area contributed by atoms with E-state index in [2.05, 4.69) is 23.6 Å². The first-order chi connectivity index (χ1) is 7.74. The molecule has 0 saturated carbocycles. The van der Waals surface area contributed by atoms with Crippen molar-refractivity contribution in [1.82, 2.24) is 9.80 Å². The second kappa shape index (κ2) is 10.1. The van der Waals surface area contributed by atoms with E-state index in [1.807, 2.05) is 13.8 Å². The zero-order chi connectivity index (χ0) is 12.4. The summed E-state index contributed by atoms with van der Waals surface area (Å²) in [5.41, 5.74) is 0. The van der Waals surface area contributed by atoms with Gasteiger partial charge in [0.05, 0.1) is 0 Å². The van der Waals surface area contributed by atoms with E-state index >= 15 is 0 Å². The third-order valence-electron chi connectivity index (χ3n) is 2.96. The average Bonchev–Trinajstić information content (AvgIpc) is 2.33. The van der Waals surface area contributed by atoms with Gasteiger partial charge < -0.3 is 9.64 Å². The van der Waals surface area contributed by atoms with E-state index in [1.54, 1.807) is 7.11 Å². The zero-order valence-electron chi connectivity index (χ0n) is 11.8. The fraction of sp³-hybridized carbons (Fsp3) is 1.00. The summed E-state index contributed by atoms with van der Waals surface area (Å²) in [5, 5.41) is 0. The van der Waals surface area contributed by atoms with Crippen molar-refractivity contribution in [2.75, 3.05) is 46.4 Å². The van der Waals surface area contributed by atoms with Crippen LogP contribution in [0.1, 0.15) is 34.1 Å². The second-order valence-corrected chi connectivity index (χ2v) is 4.32. The standard InChI is InChI=1S/C11H24N2O.C2H6/c1-11(2)13-8-6-12(7-9-13)5-4-10-14-3;1-2/h11H,4-10H2,1-3H3;1-2H3. The van der Waals surface area contributed by atoms with Gasteiger partial charge in [0.1, 0.15) is 0 Å². The van der Waals surface area contributed by atoms with Crippen molar-refractivity contribution in [2.24, 2.45) is 0 Å². The van der Waals surface area contributed by atoms with Crippen LogP contribution in [0.25, 0.3) is 0 Å². The molecule has 98 valence electrons. The van der Waals surface area contributed by atoms with E-state index in [-0.39, 0.29) is 0 Å². The molecule has 0 unspecified atom stereocenters. The minimum Gasteiger partial charge on any atom is -0.385 e. The summed E-state index contributed by atoms with van der Waals surface area (Å²) in [6, 6.07) is 0.705. The molecule has 0 aliphatic carbocycles. The van der Waals surface area contributed by atoms with Crippen LogP contribution in [0.5, 0.6) is 0 Å². The molecule has 0 aromatic heterocycles. The van der Waals surface area contributed by atoms with Crippen LogP contribution in [0.15, 0.2) is 0 Å². The first kappa shape index (κ1) is 15.9. The van der Waals surface area contributed by atoms with E-state index in [4.69, 9.17) is 4.74 Å². The highest BCUT2D eigenvalue weighted by molar-refractivity contribution is 4.73. The molecule has 1 rings (SSSR count). The Hall–Kier alpha value is -0.120. The third-order valence-corrected chi connectivity index (χ3v) is 2.96. The molecule has 0 spiro atoms. The maximum atomic E-state index is 5.06. The van der Waals surface area contributed by atoms with Crippen LogP contribution in [0.2, 0.25) is 0 Å². The van der Waals surface area contributed by atoms with Gasteiger partial charge in [-0.1, -0.05) is 13.8 Å². The molecule has 1 aliphatic rings. The van der Waals surface area contributed by atoms with E-state index in [1.165, 1.54) is 32.7 Å². The van der Waals surface area contributed by atoms with E-state index in [0.29, 0.717) is 6.04 Å². The van der Waals surface area contributed by atoms with Crippen molar-refractivity contribution in [1.29, 1.82) is 0 Å². The molecule has 3 heteroatoms. The number of hydrogen-bond acceptors (Lipinski definition) is 3. The van der Waals surface area contributed by atoms with Crippen LogP contribution >= 0.6 is 0 Å². The smallest absolute Gasteiger partial charge is 0.0474 e. The van der Waals surface area contributed by atoms with Crippen molar-refractivity contribution in [3.05, 3.63) is 0 Å². The predicted octanol–water partition coefficient (Wildman–Crippen LogP) is 2.08. The summed E-state index contributed by atoms with van der Waals surface area (Å²) in [4.78, 5) is 5.09. The van der Waals surface area contributed by atoms with Gasteiger partial charge in [0.15, 0.2) is 0 Å². The van der Waals surface area contributed by atoms with Gasteiger partial charge in [0.25, 0.3) is 0 Å². The third kappa shape index (κ3) is 6.46. The highest BCUT2D eigenvalue weighted by Crippen LogP contribution is 2.05. The Morgan fingerprint density at radius 3 is 2.06 bits per heavy atom. The normalized spacial score (nSPS) is 18.4. The Morgan fingerprint density at radius 1 is 1.06 bits per heavy atom. The van der Waals surface area contributed by atoms with E-state index in [9.17, 15) is 0 Å². The lowest BCUT2D eigenvalue weighted by Crippen LogP contribution is -2.49. The lowest BCUT2D eigenvalue weighted by Gasteiger charge is -2.36. The maximum Gasteiger partial charge on any atom is 0.0474 e. The Morgan fingerprint density at radius 2 is 1.62 bits per heavy atom. The highest BCUT2D eigenvalue weighted by atomic mass is 16.5. The van der Waals surface area contributed by atoms with Crippen LogP contribution in [0.4, 0.5) is 0 Å². The molecule has 0 aromatic rings. The van der Waals surface area contributed by atoms with Gasteiger partial charge in [-0.15, -0.1) is 0 Å². The van der Waals surface area contributed by atoms with Crippen molar-refractivity contribution in [2.45, 2.75) is 40.2 Å². The molecule has 0 N–H and O–H groups in total. The highest BCUT2D eigenvalue weighted by Gasteiger charge is 2.17. The lowest BCUT2D eigenvalue weighted by atomic mass is 10.2. The molecule has 0 radical (unpaired) electrons.